The zero-order chi connectivity index (χ0) is 22.9. The van der Waals surface area contributed by atoms with Crippen molar-refractivity contribution in [3.8, 4) is 16.9 Å². The fourth-order valence-electron chi connectivity index (χ4n) is 3.05. The number of hydrogen-bond donors (Lipinski definition) is 2. The van der Waals surface area contributed by atoms with E-state index in [0.29, 0.717) is 27.1 Å². The molecule has 0 aliphatic rings. The van der Waals surface area contributed by atoms with Gasteiger partial charge in [0.25, 0.3) is 5.91 Å². The Morgan fingerprint density at radius 1 is 0.906 bits per heavy atom. The van der Waals surface area contributed by atoms with Crippen molar-refractivity contribution in [1.82, 2.24) is 9.78 Å². The first kappa shape index (κ1) is 22.0. The van der Waals surface area contributed by atoms with Crippen molar-refractivity contribution in [2.24, 2.45) is 5.14 Å². The molecule has 32 heavy (non-hydrogen) atoms. The van der Waals surface area contributed by atoms with Gasteiger partial charge in [0, 0.05) is 21.3 Å². The van der Waals surface area contributed by atoms with Crippen LogP contribution in [0.1, 0.15) is 10.5 Å². The van der Waals surface area contributed by atoms with Gasteiger partial charge in [-0.15, -0.1) is 0 Å². The topological polar surface area (TPSA) is 107 Å². The van der Waals surface area contributed by atoms with E-state index in [2.05, 4.69) is 10.4 Å². The minimum Gasteiger partial charge on any atom is -0.321 e. The number of carbonyl (C=O) groups excluding carboxylic acids is 1. The van der Waals surface area contributed by atoms with E-state index in [1.165, 1.54) is 12.1 Å². The van der Waals surface area contributed by atoms with Crippen molar-refractivity contribution in [3.05, 3.63) is 94.6 Å². The monoisotopic (exact) mass is 486 g/mol. The Bertz CT molecular complexity index is 1400. The Balaban J connectivity index is 1.76. The van der Waals surface area contributed by atoms with Gasteiger partial charge in [-0.2, -0.15) is 5.10 Å². The molecule has 0 radical (unpaired) electrons. The Morgan fingerprint density at radius 3 is 2.22 bits per heavy atom. The van der Waals surface area contributed by atoms with E-state index in [9.17, 15) is 13.2 Å². The van der Waals surface area contributed by atoms with Gasteiger partial charge >= 0.3 is 0 Å². The quantitative estimate of drug-likeness (QED) is 0.424. The summed E-state index contributed by atoms with van der Waals surface area (Å²) >= 11 is 12.0. The van der Waals surface area contributed by atoms with E-state index in [1.807, 2.05) is 0 Å². The second kappa shape index (κ2) is 8.76. The Kier molecular flexibility index (Phi) is 6.03. The molecule has 0 aliphatic carbocycles. The molecule has 0 fully saturated rings. The van der Waals surface area contributed by atoms with Gasteiger partial charge in [-0.1, -0.05) is 41.4 Å². The Morgan fingerprint density at radius 2 is 1.59 bits per heavy atom. The predicted octanol–water partition coefficient (Wildman–Crippen LogP) is 4.75. The summed E-state index contributed by atoms with van der Waals surface area (Å²) in [4.78, 5) is 12.8. The second-order valence-electron chi connectivity index (χ2n) is 6.84. The third-order valence-corrected chi connectivity index (χ3v) is 5.99. The number of nitrogens with one attached hydrogen (secondary N) is 1. The molecule has 4 rings (SSSR count). The van der Waals surface area contributed by atoms with Gasteiger partial charge in [0.05, 0.1) is 16.3 Å². The van der Waals surface area contributed by atoms with Crippen LogP contribution in [0, 0.1) is 0 Å². The van der Waals surface area contributed by atoms with Crippen LogP contribution in [-0.2, 0) is 10.0 Å². The summed E-state index contributed by atoms with van der Waals surface area (Å²) in [6, 6.07) is 21.3. The molecule has 10 heteroatoms. The van der Waals surface area contributed by atoms with Gasteiger partial charge in [-0.25, -0.2) is 18.2 Å². The molecule has 0 aliphatic heterocycles. The zero-order valence-electron chi connectivity index (χ0n) is 16.4. The number of carbonyl (C=O) groups is 1. The highest BCUT2D eigenvalue weighted by molar-refractivity contribution is 7.89. The minimum absolute atomic E-state index is 0.0274. The van der Waals surface area contributed by atoms with Crippen LogP contribution in [0.3, 0.4) is 0 Å². The van der Waals surface area contributed by atoms with Crippen molar-refractivity contribution in [3.63, 3.8) is 0 Å². The highest BCUT2D eigenvalue weighted by atomic mass is 35.5. The molecule has 1 heterocycles. The van der Waals surface area contributed by atoms with E-state index in [-0.39, 0.29) is 10.6 Å². The van der Waals surface area contributed by atoms with Crippen LogP contribution < -0.4 is 10.5 Å². The number of nitrogens with zero attached hydrogens (tertiary/aromatic N) is 2. The van der Waals surface area contributed by atoms with Gasteiger partial charge in [0.15, 0.2) is 5.69 Å². The van der Waals surface area contributed by atoms with Gasteiger partial charge in [-0.05, 0) is 60.7 Å². The lowest BCUT2D eigenvalue weighted by Crippen LogP contribution is -2.13. The molecule has 162 valence electrons. The van der Waals surface area contributed by atoms with Gasteiger partial charge in [0.1, 0.15) is 0 Å². The van der Waals surface area contributed by atoms with Crippen LogP contribution in [0.25, 0.3) is 16.9 Å². The lowest BCUT2D eigenvalue weighted by molar-refractivity contribution is 0.102. The van der Waals surface area contributed by atoms with Crippen LogP contribution >= 0.6 is 23.2 Å². The molecule has 7 nitrogen and oxygen atoms in total. The molecular formula is C22H16Cl2N4O3S. The van der Waals surface area contributed by atoms with Crippen molar-refractivity contribution >= 4 is 44.8 Å². The maximum Gasteiger partial charge on any atom is 0.276 e. The maximum absolute atomic E-state index is 12.8. The molecular weight excluding hydrogens is 471 g/mol. The number of anilines is 1. The molecule has 0 bridgehead atoms. The zero-order valence-corrected chi connectivity index (χ0v) is 18.7. The van der Waals surface area contributed by atoms with Crippen LogP contribution in [0.5, 0.6) is 0 Å². The van der Waals surface area contributed by atoms with Gasteiger partial charge in [-0.3, -0.25) is 4.79 Å². The number of halogens is 2. The lowest BCUT2D eigenvalue weighted by Gasteiger charge is -2.08. The average Bonchev–Trinajstić information content (AvgIpc) is 3.19. The number of aromatic nitrogens is 2. The van der Waals surface area contributed by atoms with Crippen molar-refractivity contribution in [1.29, 1.82) is 0 Å². The fraction of sp³-hybridized carbons (Fsp3) is 0. The molecule has 0 unspecified atom stereocenters. The minimum atomic E-state index is -3.83. The molecule has 0 atom stereocenters. The predicted molar refractivity (Wildman–Crippen MR) is 125 cm³/mol. The van der Waals surface area contributed by atoms with Crippen LogP contribution in [0.2, 0.25) is 10.0 Å². The standard InChI is InChI=1S/C22H16Cl2N4O3S/c23-15-6-4-14(5-7-15)21-13-20(22(29)26-17-3-1-2-16(24)12-17)27-28(21)18-8-10-19(11-9-18)32(25,30)31/h1-13H,(H,26,29)(H2,25,30,31). The Hall–Kier alpha value is -3.17. The molecule has 1 aromatic heterocycles. The molecule has 0 saturated heterocycles. The second-order valence-corrected chi connectivity index (χ2v) is 9.27. The molecule has 3 N–H and O–H groups in total. The highest BCUT2D eigenvalue weighted by Gasteiger charge is 2.18. The molecule has 3 aromatic carbocycles. The summed E-state index contributed by atoms with van der Waals surface area (Å²) in [7, 11) is -3.83. The van der Waals surface area contributed by atoms with Crippen LogP contribution in [0.4, 0.5) is 5.69 Å². The van der Waals surface area contributed by atoms with Crippen LogP contribution in [0.15, 0.2) is 83.8 Å². The first-order chi connectivity index (χ1) is 15.2. The molecule has 4 aromatic rings. The summed E-state index contributed by atoms with van der Waals surface area (Å²) in [6.07, 6.45) is 0. The van der Waals surface area contributed by atoms with Crippen molar-refractivity contribution < 1.29 is 13.2 Å². The number of benzene rings is 3. The van der Waals surface area contributed by atoms with Crippen LogP contribution in [-0.4, -0.2) is 24.1 Å². The van der Waals surface area contributed by atoms with E-state index < -0.39 is 15.9 Å². The average molecular weight is 487 g/mol. The summed E-state index contributed by atoms with van der Waals surface area (Å²) < 4.78 is 24.7. The maximum atomic E-state index is 12.8. The first-order valence-electron chi connectivity index (χ1n) is 9.27. The van der Waals surface area contributed by atoms with E-state index >= 15 is 0 Å². The third kappa shape index (κ3) is 4.84. The summed E-state index contributed by atoms with van der Waals surface area (Å²) in [5.41, 5.74) is 2.61. The largest absolute Gasteiger partial charge is 0.321 e. The SMILES string of the molecule is NS(=O)(=O)c1ccc(-n2nc(C(=O)Nc3cccc(Cl)c3)cc2-c2ccc(Cl)cc2)cc1. The Labute approximate surface area is 194 Å². The number of sulfonamides is 1. The normalized spacial score (nSPS) is 11.3. The lowest BCUT2D eigenvalue weighted by atomic mass is 10.1. The van der Waals surface area contributed by atoms with Crippen molar-refractivity contribution in [2.45, 2.75) is 4.90 Å². The van der Waals surface area contributed by atoms with E-state index in [0.717, 1.165) is 5.56 Å². The first-order valence-corrected chi connectivity index (χ1v) is 11.6. The third-order valence-electron chi connectivity index (χ3n) is 4.57. The number of amides is 1. The summed E-state index contributed by atoms with van der Waals surface area (Å²) in [5, 5.41) is 13.5. The molecule has 1 amide bonds. The van der Waals surface area contributed by atoms with Gasteiger partial charge in [0.2, 0.25) is 10.0 Å². The van der Waals surface area contributed by atoms with Crippen molar-refractivity contribution in [2.75, 3.05) is 5.32 Å². The summed E-state index contributed by atoms with van der Waals surface area (Å²) in [5.74, 6) is -0.428. The van der Waals surface area contributed by atoms with E-state index in [1.54, 1.807) is 71.4 Å². The van der Waals surface area contributed by atoms with E-state index in [4.69, 9.17) is 28.3 Å². The molecule has 0 saturated carbocycles. The fourth-order valence-corrected chi connectivity index (χ4v) is 3.89. The number of nitrogens with two attached hydrogens (primary N) is 1. The van der Waals surface area contributed by atoms with Gasteiger partial charge < -0.3 is 5.32 Å². The molecule has 0 spiro atoms. The number of rotatable bonds is 5. The smallest absolute Gasteiger partial charge is 0.276 e. The number of hydrogen-bond acceptors (Lipinski definition) is 4. The summed E-state index contributed by atoms with van der Waals surface area (Å²) in [6.45, 7) is 0. The highest BCUT2D eigenvalue weighted by Crippen LogP contribution is 2.27. The number of primary sulfonamides is 1.